The Morgan fingerprint density at radius 2 is 0.982 bits per heavy atom. The fourth-order valence-corrected chi connectivity index (χ4v) is 9.08. The first kappa shape index (κ1) is 31.7. The number of hydrogen-bond donors (Lipinski definition) is 0. The van der Waals surface area contributed by atoms with Crippen LogP contribution in [-0.2, 0) is 0 Å². The van der Waals surface area contributed by atoms with Gasteiger partial charge in [-0.3, -0.25) is 0 Å². The summed E-state index contributed by atoms with van der Waals surface area (Å²) in [5, 5.41) is 12.1. The van der Waals surface area contributed by atoms with Crippen LogP contribution in [0.1, 0.15) is 0 Å². The molecule has 0 aliphatic carbocycles. The number of hydrogen-bond acceptors (Lipinski definition) is 2. The maximum Gasteiger partial charge on any atom is 0.159 e. The number of anilines is 3. The number of nitrogens with zero attached hydrogens (tertiary/aromatic N) is 2. The molecule has 0 spiro atoms. The summed E-state index contributed by atoms with van der Waals surface area (Å²) in [5.41, 5.74) is 10.8. The zero-order valence-corrected chi connectivity index (χ0v) is 30.9. The van der Waals surface area contributed by atoms with Crippen molar-refractivity contribution in [3.05, 3.63) is 206 Å². The largest absolute Gasteiger partial charge is 0.454 e. The van der Waals surface area contributed by atoms with Crippen LogP contribution in [0.25, 0.3) is 92.9 Å². The molecule has 0 saturated heterocycles. The van der Waals surface area contributed by atoms with E-state index in [1.165, 1.54) is 59.7 Å². The molecule has 57 heavy (non-hydrogen) atoms. The molecular formula is C54H34N2O. The van der Waals surface area contributed by atoms with Gasteiger partial charge in [-0.25, -0.2) is 0 Å². The summed E-state index contributed by atoms with van der Waals surface area (Å²) in [6.07, 6.45) is 0. The topological polar surface area (TPSA) is 21.3 Å². The summed E-state index contributed by atoms with van der Waals surface area (Å²) in [6, 6.07) is 74.5. The average Bonchev–Trinajstić information content (AvgIpc) is 3.83. The third kappa shape index (κ3) is 4.92. The Morgan fingerprint density at radius 1 is 0.368 bits per heavy atom. The lowest BCUT2D eigenvalue weighted by atomic mass is 10.0. The number of rotatable bonds is 5. The van der Waals surface area contributed by atoms with Crippen molar-refractivity contribution in [3.63, 3.8) is 0 Å². The highest BCUT2D eigenvalue weighted by Crippen LogP contribution is 2.44. The van der Waals surface area contributed by atoms with Crippen molar-refractivity contribution in [3.8, 4) is 16.8 Å². The Bertz CT molecular complexity index is 3520. The first-order chi connectivity index (χ1) is 28.3. The van der Waals surface area contributed by atoms with E-state index >= 15 is 0 Å². The summed E-state index contributed by atoms with van der Waals surface area (Å²) < 4.78 is 9.08. The monoisotopic (exact) mass is 726 g/mol. The lowest BCUT2D eigenvalue weighted by Gasteiger charge is -2.26. The standard InChI is InChI=1S/C54H34N2O/c1-2-13-40(14-3-1)56-51-34-38(26-30-46(51)48-31-25-37-12-5-7-16-45(37)53(48)56)35-23-27-41(28-24-35)55(50-19-10-18-49-47-17-8-9-20-52(47)57-54(49)50)42-29-32-44-39(33-42)22-21-36-11-4-6-15-43(36)44/h1-34H. The van der Waals surface area contributed by atoms with Crippen LogP contribution in [0.3, 0.4) is 0 Å². The average molecular weight is 727 g/mol. The highest BCUT2D eigenvalue weighted by molar-refractivity contribution is 6.19. The van der Waals surface area contributed by atoms with Crippen molar-refractivity contribution < 1.29 is 4.42 Å². The molecule has 3 heteroatoms. The maximum atomic E-state index is 6.64. The quantitative estimate of drug-likeness (QED) is 0.165. The van der Waals surface area contributed by atoms with E-state index in [-0.39, 0.29) is 0 Å². The maximum absolute atomic E-state index is 6.64. The molecule has 0 N–H and O–H groups in total. The van der Waals surface area contributed by atoms with E-state index in [0.29, 0.717) is 0 Å². The summed E-state index contributed by atoms with van der Waals surface area (Å²) >= 11 is 0. The molecule has 0 amide bonds. The molecule has 0 fully saturated rings. The Morgan fingerprint density at radius 3 is 1.84 bits per heavy atom. The molecular weight excluding hydrogens is 693 g/mol. The van der Waals surface area contributed by atoms with Gasteiger partial charge in [-0.2, -0.15) is 0 Å². The van der Waals surface area contributed by atoms with E-state index in [4.69, 9.17) is 4.42 Å². The summed E-state index contributed by atoms with van der Waals surface area (Å²) in [5.74, 6) is 0. The SMILES string of the molecule is c1ccc(-n2c3cc(-c4ccc(N(c5ccc6c(ccc7ccccc76)c5)c5cccc6c5oc5ccccc56)cc4)ccc3c3ccc4ccccc4c32)cc1. The number of aromatic nitrogens is 1. The van der Waals surface area contributed by atoms with Crippen LogP contribution >= 0.6 is 0 Å². The predicted molar refractivity (Wildman–Crippen MR) is 241 cm³/mol. The predicted octanol–water partition coefficient (Wildman–Crippen LogP) is 15.3. The zero-order valence-electron chi connectivity index (χ0n) is 30.9. The van der Waals surface area contributed by atoms with Gasteiger partial charge < -0.3 is 13.9 Å². The van der Waals surface area contributed by atoms with Crippen LogP contribution in [0.2, 0.25) is 0 Å². The molecule has 12 rings (SSSR count). The minimum atomic E-state index is 0.869. The van der Waals surface area contributed by atoms with Crippen LogP contribution < -0.4 is 4.90 Å². The molecule has 3 nitrogen and oxygen atoms in total. The highest BCUT2D eigenvalue weighted by Gasteiger charge is 2.21. The van der Waals surface area contributed by atoms with Gasteiger partial charge >= 0.3 is 0 Å². The van der Waals surface area contributed by atoms with Crippen LogP contribution in [-0.4, -0.2) is 4.57 Å². The van der Waals surface area contributed by atoms with Gasteiger partial charge in [0.25, 0.3) is 0 Å². The van der Waals surface area contributed by atoms with E-state index in [9.17, 15) is 0 Å². The van der Waals surface area contributed by atoms with Gasteiger partial charge in [-0.05, 0) is 92.7 Å². The van der Waals surface area contributed by atoms with E-state index < -0.39 is 0 Å². The Balaban J connectivity index is 1.03. The summed E-state index contributed by atoms with van der Waals surface area (Å²) in [6.45, 7) is 0. The van der Waals surface area contributed by atoms with Crippen molar-refractivity contribution in [2.75, 3.05) is 4.90 Å². The molecule has 0 radical (unpaired) electrons. The van der Waals surface area contributed by atoms with Crippen molar-refractivity contribution in [1.29, 1.82) is 0 Å². The van der Waals surface area contributed by atoms with Crippen LogP contribution in [0.15, 0.2) is 211 Å². The second-order valence-electron chi connectivity index (χ2n) is 14.9. The molecule has 10 aromatic carbocycles. The molecule has 2 heterocycles. The number of furan rings is 1. The molecule has 266 valence electrons. The fraction of sp³-hybridized carbons (Fsp3) is 0. The molecule has 0 unspecified atom stereocenters. The van der Waals surface area contributed by atoms with E-state index in [0.717, 1.165) is 50.3 Å². The molecule has 0 aliphatic heterocycles. The third-order valence-corrected chi connectivity index (χ3v) is 11.7. The lowest BCUT2D eigenvalue weighted by molar-refractivity contribution is 0.669. The normalized spacial score (nSPS) is 11.9. The molecule has 12 aromatic rings. The Hall–Kier alpha value is -7.62. The second kappa shape index (κ2) is 12.5. The van der Waals surface area contributed by atoms with E-state index in [2.05, 4.69) is 210 Å². The highest BCUT2D eigenvalue weighted by atomic mass is 16.3. The van der Waals surface area contributed by atoms with Crippen molar-refractivity contribution in [2.45, 2.75) is 0 Å². The number of benzene rings is 10. The minimum absolute atomic E-state index is 0.869. The first-order valence-electron chi connectivity index (χ1n) is 19.5. The molecule has 0 saturated carbocycles. The summed E-state index contributed by atoms with van der Waals surface area (Å²) in [4.78, 5) is 2.34. The van der Waals surface area contributed by atoms with Gasteiger partial charge in [0.05, 0.1) is 16.7 Å². The van der Waals surface area contributed by atoms with Crippen LogP contribution in [0, 0.1) is 0 Å². The summed E-state index contributed by atoms with van der Waals surface area (Å²) in [7, 11) is 0. The van der Waals surface area contributed by atoms with Crippen LogP contribution in [0.4, 0.5) is 17.1 Å². The van der Waals surface area contributed by atoms with Crippen molar-refractivity contribution >= 4 is 93.1 Å². The smallest absolute Gasteiger partial charge is 0.159 e. The zero-order chi connectivity index (χ0) is 37.5. The first-order valence-corrected chi connectivity index (χ1v) is 19.5. The van der Waals surface area contributed by atoms with Gasteiger partial charge in [-0.1, -0.05) is 152 Å². The third-order valence-electron chi connectivity index (χ3n) is 11.7. The van der Waals surface area contributed by atoms with Gasteiger partial charge in [0.1, 0.15) is 5.58 Å². The Labute approximate surface area is 328 Å². The molecule has 2 aromatic heterocycles. The van der Waals surface area contributed by atoms with Gasteiger partial charge in [0.15, 0.2) is 5.58 Å². The van der Waals surface area contributed by atoms with Gasteiger partial charge in [0, 0.05) is 44.0 Å². The van der Waals surface area contributed by atoms with Gasteiger partial charge in [0.2, 0.25) is 0 Å². The molecule has 0 aliphatic rings. The molecule has 0 atom stereocenters. The van der Waals surface area contributed by atoms with Crippen molar-refractivity contribution in [2.24, 2.45) is 0 Å². The second-order valence-corrected chi connectivity index (χ2v) is 14.9. The van der Waals surface area contributed by atoms with Crippen molar-refractivity contribution in [1.82, 2.24) is 4.57 Å². The van der Waals surface area contributed by atoms with E-state index in [1.54, 1.807) is 0 Å². The number of fused-ring (bicyclic) bond motifs is 11. The van der Waals surface area contributed by atoms with Crippen LogP contribution in [0.5, 0.6) is 0 Å². The number of para-hydroxylation sites is 3. The minimum Gasteiger partial charge on any atom is -0.454 e. The fourth-order valence-electron chi connectivity index (χ4n) is 9.08. The lowest BCUT2D eigenvalue weighted by Crippen LogP contribution is -2.10. The Kier molecular flexibility index (Phi) is 6.93. The molecule has 0 bridgehead atoms. The van der Waals surface area contributed by atoms with Gasteiger partial charge in [-0.15, -0.1) is 0 Å². The van der Waals surface area contributed by atoms with E-state index in [1.807, 2.05) is 6.07 Å².